The molecule has 7 heteroatoms. The molecule has 0 aliphatic carbocycles. The van der Waals surface area contributed by atoms with Crippen LogP contribution >= 0.6 is 11.6 Å². The number of carbonyl (C=O) groups is 1. The maximum atomic E-state index is 12.7. The normalized spacial score (nSPS) is 14.8. The van der Waals surface area contributed by atoms with Crippen molar-refractivity contribution in [3.05, 3.63) is 68.7 Å². The topological polar surface area (TPSA) is 75.5 Å². The average molecular weight is 388 g/mol. The summed E-state index contributed by atoms with van der Waals surface area (Å²) < 4.78 is 0. The fourth-order valence-electron chi connectivity index (χ4n) is 3.19. The predicted molar refractivity (Wildman–Crippen MR) is 106 cm³/mol. The van der Waals surface area contributed by atoms with Crippen molar-refractivity contribution in [2.45, 2.75) is 26.3 Å². The molecule has 3 rings (SSSR count). The van der Waals surface area contributed by atoms with Gasteiger partial charge in [-0.2, -0.15) is 0 Å². The summed E-state index contributed by atoms with van der Waals surface area (Å²) in [5.41, 5.74) is 1.44. The molecule has 142 valence electrons. The van der Waals surface area contributed by atoms with E-state index in [0.717, 1.165) is 18.4 Å². The van der Waals surface area contributed by atoms with Crippen molar-refractivity contribution >= 4 is 28.9 Å². The molecule has 27 heavy (non-hydrogen) atoms. The van der Waals surface area contributed by atoms with Gasteiger partial charge in [-0.25, -0.2) is 0 Å². The van der Waals surface area contributed by atoms with Gasteiger partial charge in [0.05, 0.1) is 4.92 Å². The summed E-state index contributed by atoms with van der Waals surface area (Å²) in [4.78, 5) is 25.5. The minimum atomic E-state index is -0.468. The number of halogens is 1. The van der Waals surface area contributed by atoms with Gasteiger partial charge >= 0.3 is 0 Å². The molecule has 0 spiro atoms. The molecule has 0 atom stereocenters. The molecule has 1 aliphatic heterocycles. The first kappa shape index (κ1) is 19.2. The number of hydrogen-bond donors (Lipinski definition) is 1. The molecule has 1 aliphatic rings. The minimum Gasteiger partial charge on any atom is -0.375 e. The van der Waals surface area contributed by atoms with Crippen LogP contribution in [0.2, 0.25) is 5.02 Å². The summed E-state index contributed by atoms with van der Waals surface area (Å²) in [7, 11) is 0. The molecule has 1 saturated heterocycles. The Morgan fingerprint density at radius 1 is 1.26 bits per heavy atom. The lowest BCUT2D eigenvalue weighted by molar-refractivity contribution is -0.384. The van der Waals surface area contributed by atoms with Gasteiger partial charge in [0.25, 0.3) is 11.6 Å². The van der Waals surface area contributed by atoms with Crippen LogP contribution in [0.1, 0.15) is 35.7 Å². The SMILES string of the molecule is CC1CCN(C(=O)c2ccc(NCc3ccccc3Cl)c([N+](=O)[O-])c2)CC1. The third-order valence-electron chi connectivity index (χ3n) is 4.94. The number of nitrogens with zero attached hydrogens (tertiary/aromatic N) is 2. The lowest BCUT2D eigenvalue weighted by Gasteiger charge is -2.30. The van der Waals surface area contributed by atoms with Crippen LogP contribution in [-0.2, 0) is 6.54 Å². The van der Waals surface area contributed by atoms with E-state index in [2.05, 4.69) is 12.2 Å². The van der Waals surface area contributed by atoms with Crippen LogP contribution in [0.5, 0.6) is 0 Å². The second-order valence-corrected chi connectivity index (χ2v) is 7.32. The Morgan fingerprint density at radius 3 is 2.63 bits per heavy atom. The number of benzene rings is 2. The van der Waals surface area contributed by atoms with Crippen LogP contribution < -0.4 is 5.32 Å². The summed E-state index contributed by atoms with van der Waals surface area (Å²) in [5, 5.41) is 15.2. The van der Waals surface area contributed by atoms with E-state index in [1.54, 1.807) is 23.1 Å². The summed E-state index contributed by atoms with van der Waals surface area (Å²) in [6, 6.07) is 11.9. The van der Waals surface area contributed by atoms with E-state index in [1.807, 2.05) is 18.2 Å². The van der Waals surface area contributed by atoms with Gasteiger partial charge in [0.2, 0.25) is 0 Å². The highest BCUT2D eigenvalue weighted by molar-refractivity contribution is 6.31. The standard InChI is InChI=1S/C20H22ClN3O3/c1-14-8-10-23(11-9-14)20(25)15-6-7-18(19(12-15)24(26)27)22-13-16-4-2-3-5-17(16)21/h2-7,12,14,22H,8-11,13H2,1H3. The van der Waals surface area contributed by atoms with Crippen molar-refractivity contribution in [2.75, 3.05) is 18.4 Å². The maximum absolute atomic E-state index is 12.7. The van der Waals surface area contributed by atoms with Crippen LogP contribution in [0.25, 0.3) is 0 Å². The number of nitro groups is 1. The van der Waals surface area contributed by atoms with Gasteiger partial charge in [-0.3, -0.25) is 14.9 Å². The number of piperidine rings is 1. The van der Waals surface area contributed by atoms with E-state index in [-0.39, 0.29) is 11.6 Å². The number of likely N-dealkylation sites (tertiary alicyclic amines) is 1. The molecule has 0 bridgehead atoms. The highest BCUT2D eigenvalue weighted by atomic mass is 35.5. The quantitative estimate of drug-likeness (QED) is 0.594. The van der Waals surface area contributed by atoms with Crippen LogP contribution in [0.4, 0.5) is 11.4 Å². The van der Waals surface area contributed by atoms with E-state index in [1.165, 1.54) is 6.07 Å². The molecule has 0 radical (unpaired) electrons. The number of nitro benzene ring substituents is 1. The van der Waals surface area contributed by atoms with Crippen LogP contribution in [0, 0.1) is 16.0 Å². The van der Waals surface area contributed by atoms with E-state index < -0.39 is 4.92 Å². The van der Waals surface area contributed by atoms with Crippen molar-refractivity contribution in [1.29, 1.82) is 0 Å². The van der Waals surface area contributed by atoms with Gasteiger partial charge in [0, 0.05) is 36.3 Å². The largest absolute Gasteiger partial charge is 0.375 e. The monoisotopic (exact) mass is 387 g/mol. The molecule has 0 unspecified atom stereocenters. The number of amides is 1. The molecule has 0 saturated carbocycles. The van der Waals surface area contributed by atoms with Crippen LogP contribution in [0.3, 0.4) is 0 Å². The number of nitrogens with one attached hydrogen (secondary N) is 1. The van der Waals surface area contributed by atoms with Crippen molar-refractivity contribution in [3.63, 3.8) is 0 Å². The van der Waals surface area contributed by atoms with Gasteiger partial charge in [0.1, 0.15) is 5.69 Å². The highest BCUT2D eigenvalue weighted by Gasteiger charge is 2.24. The fraction of sp³-hybridized carbons (Fsp3) is 0.350. The Kier molecular flexibility index (Phi) is 5.96. The molecule has 1 heterocycles. The van der Waals surface area contributed by atoms with Gasteiger partial charge in [0.15, 0.2) is 0 Å². The summed E-state index contributed by atoms with van der Waals surface area (Å²) in [6.45, 7) is 3.92. The van der Waals surface area contributed by atoms with E-state index in [9.17, 15) is 14.9 Å². The Morgan fingerprint density at radius 2 is 1.96 bits per heavy atom. The number of anilines is 1. The van der Waals surface area contributed by atoms with Crippen molar-refractivity contribution in [3.8, 4) is 0 Å². The number of carbonyl (C=O) groups excluding carboxylic acids is 1. The second kappa shape index (κ2) is 8.39. The fourth-order valence-corrected chi connectivity index (χ4v) is 3.39. The number of rotatable bonds is 5. The molecular formula is C20H22ClN3O3. The number of hydrogen-bond acceptors (Lipinski definition) is 4. The molecule has 1 fully saturated rings. The molecule has 6 nitrogen and oxygen atoms in total. The van der Waals surface area contributed by atoms with E-state index in [4.69, 9.17) is 11.6 Å². The molecule has 1 amide bonds. The van der Waals surface area contributed by atoms with E-state index >= 15 is 0 Å². The van der Waals surface area contributed by atoms with Crippen LogP contribution in [0.15, 0.2) is 42.5 Å². The predicted octanol–water partition coefficient (Wildman–Crippen LogP) is 4.73. The molecule has 0 aromatic heterocycles. The zero-order valence-corrected chi connectivity index (χ0v) is 15.9. The zero-order valence-electron chi connectivity index (χ0n) is 15.2. The van der Waals surface area contributed by atoms with Crippen molar-refractivity contribution in [2.24, 2.45) is 5.92 Å². The lowest BCUT2D eigenvalue weighted by Crippen LogP contribution is -2.37. The Balaban J connectivity index is 1.77. The summed E-state index contributed by atoms with van der Waals surface area (Å²) in [6.07, 6.45) is 1.93. The molecule has 1 N–H and O–H groups in total. The maximum Gasteiger partial charge on any atom is 0.293 e. The minimum absolute atomic E-state index is 0.113. The van der Waals surface area contributed by atoms with Crippen molar-refractivity contribution < 1.29 is 9.72 Å². The first-order valence-corrected chi connectivity index (χ1v) is 9.38. The van der Waals surface area contributed by atoms with Gasteiger partial charge < -0.3 is 10.2 Å². The van der Waals surface area contributed by atoms with Gasteiger partial charge in [-0.05, 0) is 42.5 Å². The Bertz CT molecular complexity index is 848. The van der Waals surface area contributed by atoms with Crippen LogP contribution in [-0.4, -0.2) is 28.8 Å². The highest BCUT2D eigenvalue weighted by Crippen LogP contribution is 2.28. The lowest BCUT2D eigenvalue weighted by atomic mass is 9.98. The third kappa shape index (κ3) is 4.57. The van der Waals surface area contributed by atoms with Crippen molar-refractivity contribution in [1.82, 2.24) is 4.90 Å². The summed E-state index contributed by atoms with van der Waals surface area (Å²) in [5.74, 6) is 0.461. The Hall–Kier alpha value is -2.60. The zero-order chi connectivity index (χ0) is 19.4. The summed E-state index contributed by atoms with van der Waals surface area (Å²) >= 11 is 6.13. The first-order chi connectivity index (χ1) is 13.0. The third-order valence-corrected chi connectivity index (χ3v) is 5.31. The molecule has 2 aromatic rings. The van der Waals surface area contributed by atoms with Gasteiger partial charge in [-0.15, -0.1) is 0 Å². The first-order valence-electron chi connectivity index (χ1n) is 9.00. The Labute approximate surface area is 163 Å². The van der Waals surface area contributed by atoms with Gasteiger partial charge in [-0.1, -0.05) is 36.7 Å². The average Bonchev–Trinajstić information content (AvgIpc) is 2.67. The van der Waals surface area contributed by atoms with E-state index in [0.29, 0.717) is 41.8 Å². The molecular weight excluding hydrogens is 366 g/mol. The molecule has 2 aromatic carbocycles. The second-order valence-electron chi connectivity index (χ2n) is 6.91. The smallest absolute Gasteiger partial charge is 0.293 e.